The average Bonchev–Trinajstić information content (AvgIpc) is 2.34. The van der Waals surface area contributed by atoms with E-state index >= 15 is 0 Å². The van der Waals surface area contributed by atoms with Gasteiger partial charge in [0.2, 0.25) is 0 Å². The lowest BCUT2D eigenvalue weighted by Crippen LogP contribution is -2.25. The van der Waals surface area contributed by atoms with E-state index in [1.54, 1.807) is 12.1 Å². The standard InChI is InChI=1S/C12H18ClN3O2/c1-9(2)18-8-4-3-7-14-12(17)10-5-6-11(13)16-15-10/h5-6,9H,3-4,7-8H2,1-2H3,(H,14,17). The summed E-state index contributed by atoms with van der Waals surface area (Å²) in [5, 5.41) is 10.4. The van der Waals surface area contributed by atoms with Gasteiger partial charge in [-0.15, -0.1) is 10.2 Å². The highest BCUT2D eigenvalue weighted by atomic mass is 35.5. The molecule has 0 saturated heterocycles. The summed E-state index contributed by atoms with van der Waals surface area (Å²) in [7, 11) is 0. The molecule has 0 fully saturated rings. The van der Waals surface area contributed by atoms with Crippen LogP contribution in [0, 0.1) is 0 Å². The van der Waals surface area contributed by atoms with E-state index < -0.39 is 0 Å². The Morgan fingerprint density at radius 2 is 2.17 bits per heavy atom. The molecule has 1 N–H and O–H groups in total. The number of carbonyl (C=O) groups excluding carboxylic acids is 1. The second-order valence-electron chi connectivity index (χ2n) is 4.12. The molecule has 1 aromatic heterocycles. The molecule has 18 heavy (non-hydrogen) atoms. The second-order valence-corrected chi connectivity index (χ2v) is 4.51. The number of nitrogens with zero attached hydrogens (tertiary/aromatic N) is 2. The first-order chi connectivity index (χ1) is 8.59. The Labute approximate surface area is 112 Å². The minimum atomic E-state index is -0.232. The van der Waals surface area contributed by atoms with Crippen LogP contribution in [0.1, 0.15) is 37.2 Å². The second kappa shape index (κ2) is 8.00. The van der Waals surface area contributed by atoms with Gasteiger partial charge in [0.1, 0.15) is 0 Å². The van der Waals surface area contributed by atoms with Crippen LogP contribution in [-0.2, 0) is 4.74 Å². The number of ether oxygens (including phenoxy) is 1. The highest BCUT2D eigenvalue weighted by Gasteiger charge is 2.06. The van der Waals surface area contributed by atoms with E-state index in [4.69, 9.17) is 16.3 Å². The lowest BCUT2D eigenvalue weighted by atomic mass is 10.3. The third-order valence-corrected chi connectivity index (χ3v) is 2.37. The molecule has 0 saturated carbocycles. The maximum Gasteiger partial charge on any atom is 0.271 e. The van der Waals surface area contributed by atoms with Crippen molar-refractivity contribution in [1.29, 1.82) is 0 Å². The van der Waals surface area contributed by atoms with Gasteiger partial charge in [-0.3, -0.25) is 4.79 Å². The fraction of sp³-hybridized carbons (Fsp3) is 0.583. The molecule has 0 radical (unpaired) electrons. The Morgan fingerprint density at radius 1 is 1.39 bits per heavy atom. The third kappa shape index (κ3) is 5.93. The monoisotopic (exact) mass is 271 g/mol. The Balaban J connectivity index is 2.16. The van der Waals surface area contributed by atoms with E-state index in [0.717, 1.165) is 12.8 Å². The van der Waals surface area contributed by atoms with Gasteiger partial charge in [0.15, 0.2) is 10.8 Å². The molecule has 0 aliphatic heterocycles. The zero-order valence-electron chi connectivity index (χ0n) is 10.6. The van der Waals surface area contributed by atoms with Crippen molar-refractivity contribution < 1.29 is 9.53 Å². The van der Waals surface area contributed by atoms with Crippen LogP contribution in [0.4, 0.5) is 0 Å². The maximum atomic E-state index is 11.6. The van der Waals surface area contributed by atoms with Crippen molar-refractivity contribution >= 4 is 17.5 Å². The first-order valence-electron chi connectivity index (χ1n) is 5.98. The molecule has 1 amide bonds. The fourth-order valence-electron chi connectivity index (χ4n) is 1.28. The highest BCUT2D eigenvalue weighted by Crippen LogP contribution is 2.02. The van der Waals surface area contributed by atoms with Crippen LogP contribution in [0.25, 0.3) is 0 Å². The smallest absolute Gasteiger partial charge is 0.271 e. The summed E-state index contributed by atoms with van der Waals surface area (Å²) in [6, 6.07) is 3.09. The summed E-state index contributed by atoms with van der Waals surface area (Å²) >= 11 is 5.58. The fourth-order valence-corrected chi connectivity index (χ4v) is 1.38. The average molecular weight is 272 g/mol. The van der Waals surface area contributed by atoms with E-state index in [2.05, 4.69) is 15.5 Å². The van der Waals surface area contributed by atoms with Gasteiger partial charge >= 0.3 is 0 Å². The van der Waals surface area contributed by atoms with Crippen molar-refractivity contribution in [3.05, 3.63) is 23.0 Å². The molecule has 5 nitrogen and oxygen atoms in total. The molecule has 0 aromatic carbocycles. The van der Waals surface area contributed by atoms with Gasteiger partial charge in [0, 0.05) is 13.2 Å². The molecule has 1 aromatic rings. The number of hydrogen-bond donors (Lipinski definition) is 1. The molecule has 6 heteroatoms. The summed E-state index contributed by atoms with van der Waals surface area (Å²) in [4.78, 5) is 11.6. The molecule has 0 unspecified atom stereocenters. The van der Waals surface area contributed by atoms with Gasteiger partial charge < -0.3 is 10.1 Å². The van der Waals surface area contributed by atoms with Crippen LogP contribution in [0.15, 0.2) is 12.1 Å². The Bertz CT molecular complexity index is 368. The summed E-state index contributed by atoms with van der Waals surface area (Å²) < 4.78 is 5.40. The Kier molecular flexibility index (Phi) is 6.60. The van der Waals surface area contributed by atoms with E-state index in [-0.39, 0.29) is 22.9 Å². The number of carbonyl (C=O) groups is 1. The topological polar surface area (TPSA) is 64.1 Å². The molecule has 100 valence electrons. The normalized spacial score (nSPS) is 10.7. The van der Waals surface area contributed by atoms with Gasteiger partial charge in [-0.25, -0.2) is 0 Å². The lowest BCUT2D eigenvalue weighted by molar-refractivity contribution is 0.0754. The molecule has 0 bridgehead atoms. The van der Waals surface area contributed by atoms with Crippen molar-refractivity contribution in [3.63, 3.8) is 0 Å². The van der Waals surface area contributed by atoms with E-state index in [9.17, 15) is 4.79 Å². The number of rotatable bonds is 7. The number of hydrogen-bond acceptors (Lipinski definition) is 4. The molecule has 1 rings (SSSR count). The van der Waals surface area contributed by atoms with Gasteiger partial charge in [-0.05, 0) is 38.8 Å². The van der Waals surface area contributed by atoms with Crippen LogP contribution in [-0.4, -0.2) is 35.4 Å². The van der Waals surface area contributed by atoms with Crippen molar-refractivity contribution in [2.45, 2.75) is 32.8 Å². The molecule has 1 heterocycles. The summed E-state index contributed by atoms with van der Waals surface area (Å²) in [5.41, 5.74) is 0.276. The van der Waals surface area contributed by atoms with Crippen molar-refractivity contribution in [2.24, 2.45) is 0 Å². The summed E-state index contributed by atoms with van der Waals surface area (Å²) in [6.45, 7) is 5.32. The molecule has 0 spiro atoms. The molecule has 0 aliphatic rings. The van der Waals surface area contributed by atoms with Gasteiger partial charge in [0.05, 0.1) is 6.10 Å². The maximum absolute atomic E-state index is 11.6. The predicted molar refractivity (Wildman–Crippen MR) is 69.7 cm³/mol. The number of halogens is 1. The Hall–Kier alpha value is -1.20. The highest BCUT2D eigenvalue weighted by molar-refractivity contribution is 6.29. The Morgan fingerprint density at radius 3 is 2.78 bits per heavy atom. The van der Waals surface area contributed by atoms with E-state index in [0.29, 0.717) is 13.2 Å². The van der Waals surface area contributed by atoms with Gasteiger partial charge in [0.25, 0.3) is 5.91 Å². The predicted octanol–water partition coefficient (Wildman–Crippen LogP) is 2.06. The van der Waals surface area contributed by atoms with Crippen LogP contribution in [0.2, 0.25) is 5.15 Å². The molecule has 0 atom stereocenters. The number of amides is 1. The quantitative estimate of drug-likeness (QED) is 0.771. The minimum absolute atomic E-state index is 0.232. The van der Waals surface area contributed by atoms with Gasteiger partial charge in [-0.2, -0.15) is 0 Å². The number of nitrogens with one attached hydrogen (secondary N) is 1. The molecule has 0 aliphatic carbocycles. The number of unbranched alkanes of at least 4 members (excludes halogenated alkanes) is 1. The zero-order chi connectivity index (χ0) is 13.4. The van der Waals surface area contributed by atoms with Gasteiger partial charge in [-0.1, -0.05) is 11.6 Å². The van der Waals surface area contributed by atoms with Crippen LogP contribution in [0.3, 0.4) is 0 Å². The number of aromatic nitrogens is 2. The zero-order valence-corrected chi connectivity index (χ0v) is 11.4. The van der Waals surface area contributed by atoms with Crippen LogP contribution in [0.5, 0.6) is 0 Å². The lowest BCUT2D eigenvalue weighted by Gasteiger charge is -2.07. The minimum Gasteiger partial charge on any atom is -0.379 e. The van der Waals surface area contributed by atoms with E-state index in [1.165, 1.54) is 0 Å². The van der Waals surface area contributed by atoms with Crippen molar-refractivity contribution in [2.75, 3.05) is 13.2 Å². The van der Waals surface area contributed by atoms with Crippen molar-refractivity contribution in [3.8, 4) is 0 Å². The van der Waals surface area contributed by atoms with Crippen LogP contribution >= 0.6 is 11.6 Å². The summed E-state index contributed by atoms with van der Waals surface area (Å²) in [5.74, 6) is -0.232. The molecular formula is C12H18ClN3O2. The van der Waals surface area contributed by atoms with Crippen LogP contribution < -0.4 is 5.32 Å². The first kappa shape index (κ1) is 14.9. The third-order valence-electron chi connectivity index (χ3n) is 2.17. The first-order valence-corrected chi connectivity index (χ1v) is 6.36. The molecular weight excluding hydrogens is 254 g/mol. The van der Waals surface area contributed by atoms with Crippen molar-refractivity contribution in [1.82, 2.24) is 15.5 Å². The SMILES string of the molecule is CC(C)OCCCCNC(=O)c1ccc(Cl)nn1. The largest absolute Gasteiger partial charge is 0.379 e. The van der Waals surface area contributed by atoms with E-state index in [1.807, 2.05) is 13.8 Å². The summed E-state index contributed by atoms with van der Waals surface area (Å²) in [6.07, 6.45) is 2.05.